The zero-order valence-electron chi connectivity index (χ0n) is 11.3. The number of carbonyl (C=O) groups is 1. The summed E-state index contributed by atoms with van der Waals surface area (Å²) >= 11 is 0. The molecular formula is C19H13FO. The van der Waals surface area contributed by atoms with Crippen LogP contribution in [0.15, 0.2) is 72.8 Å². The summed E-state index contributed by atoms with van der Waals surface area (Å²) in [5, 5.41) is 2.15. The third kappa shape index (κ3) is 3.06. The molecule has 21 heavy (non-hydrogen) atoms. The molecule has 0 aromatic heterocycles. The summed E-state index contributed by atoms with van der Waals surface area (Å²) in [7, 11) is 0. The van der Waals surface area contributed by atoms with Crippen LogP contribution in [0.4, 0.5) is 4.39 Å². The molecule has 0 aliphatic heterocycles. The second-order valence-electron chi connectivity index (χ2n) is 4.81. The summed E-state index contributed by atoms with van der Waals surface area (Å²) in [4.78, 5) is 12.2. The minimum Gasteiger partial charge on any atom is -0.289 e. The summed E-state index contributed by atoms with van der Waals surface area (Å²) < 4.78 is 12.8. The lowest BCUT2D eigenvalue weighted by molar-refractivity contribution is 0.104. The van der Waals surface area contributed by atoms with E-state index in [1.165, 1.54) is 18.2 Å². The molecule has 0 saturated heterocycles. The molecule has 0 aliphatic carbocycles. The SMILES string of the molecule is O=C(/C=C\c1ccc(F)cc1)c1ccc2ccccc2c1. The second-order valence-corrected chi connectivity index (χ2v) is 4.81. The molecule has 1 nitrogen and oxygen atoms in total. The minimum absolute atomic E-state index is 0.0647. The fourth-order valence-corrected chi connectivity index (χ4v) is 2.18. The van der Waals surface area contributed by atoms with Crippen molar-refractivity contribution in [1.29, 1.82) is 0 Å². The van der Waals surface area contributed by atoms with Crippen LogP contribution in [0, 0.1) is 5.82 Å². The van der Waals surface area contributed by atoms with Crippen LogP contribution in [0.25, 0.3) is 16.8 Å². The van der Waals surface area contributed by atoms with E-state index >= 15 is 0 Å². The molecule has 0 fully saturated rings. The molecule has 0 atom stereocenters. The Bertz CT molecular complexity index is 816. The van der Waals surface area contributed by atoms with Gasteiger partial charge in [0, 0.05) is 5.56 Å². The smallest absolute Gasteiger partial charge is 0.185 e. The van der Waals surface area contributed by atoms with Crippen LogP contribution in [0.2, 0.25) is 0 Å². The molecule has 0 aliphatic rings. The predicted molar refractivity (Wildman–Crippen MR) is 83.7 cm³/mol. The number of hydrogen-bond acceptors (Lipinski definition) is 1. The average molecular weight is 276 g/mol. The van der Waals surface area contributed by atoms with E-state index in [0.717, 1.165) is 16.3 Å². The fraction of sp³-hybridized carbons (Fsp3) is 0. The maximum atomic E-state index is 12.8. The van der Waals surface area contributed by atoms with Crippen molar-refractivity contribution in [3.8, 4) is 0 Å². The lowest BCUT2D eigenvalue weighted by atomic mass is 10.0. The third-order valence-electron chi connectivity index (χ3n) is 3.33. The molecular weight excluding hydrogens is 263 g/mol. The third-order valence-corrected chi connectivity index (χ3v) is 3.33. The first-order valence-corrected chi connectivity index (χ1v) is 6.69. The van der Waals surface area contributed by atoms with Crippen molar-refractivity contribution in [3.05, 3.63) is 89.8 Å². The van der Waals surface area contributed by atoms with Crippen molar-refractivity contribution in [2.45, 2.75) is 0 Å². The summed E-state index contributed by atoms with van der Waals surface area (Å²) in [6, 6.07) is 19.6. The molecule has 3 aromatic carbocycles. The van der Waals surface area contributed by atoms with Crippen LogP contribution in [-0.2, 0) is 0 Å². The largest absolute Gasteiger partial charge is 0.289 e. The van der Waals surface area contributed by atoms with E-state index in [2.05, 4.69) is 0 Å². The molecule has 2 heteroatoms. The topological polar surface area (TPSA) is 17.1 Å². The van der Waals surface area contributed by atoms with Crippen molar-refractivity contribution in [3.63, 3.8) is 0 Å². The molecule has 0 spiro atoms. The monoisotopic (exact) mass is 276 g/mol. The van der Waals surface area contributed by atoms with Gasteiger partial charge >= 0.3 is 0 Å². The highest BCUT2D eigenvalue weighted by Crippen LogP contribution is 2.16. The summed E-state index contributed by atoms with van der Waals surface area (Å²) in [5.41, 5.74) is 1.44. The van der Waals surface area contributed by atoms with Crippen molar-refractivity contribution < 1.29 is 9.18 Å². The van der Waals surface area contributed by atoms with Gasteiger partial charge in [-0.15, -0.1) is 0 Å². The average Bonchev–Trinajstić information content (AvgIpc) is 2.53. The molecule has 3 aromatic rings. The molecule has 102 valence electrons. The van der Waals surface area contributed by atoms with Crippen molar-refractivity contribution in [2.24, 2.45) is 0 Å². The van der Waals surface area contributed by atoms with Crippen LogP contribution in [0.5, 0.6) is 0 Å². The Hall–Kier alpha value is -2.74. The number of carbonyl (C=O) groups excluding carboxylic acids is 1. The normalized spacial score (nSPS) is 11.1. The van der Waals surface area contributed by atoms with Gasteiger partial charge in [0.2, 0.25) is 0 Å². The van der Waals surface area contributed by atoms with Gasteiger partial charge < -0.3 is 0 Å². The lowest BCUT2D eigenvalue weighted by Gasteiger charge is -2.00. The Labute approximate surface area is 122 Å². The van der Waals surface area contributed by atoms with Gasteiger partial charge in [0.1, 0.15) is 5.82 Å². The van der Waals surface area contributed by atoms with Gasteiger partial charge in [0.15, 0.2) is 5.78 Å². The number of hydrogen-bond donors (Lipinski definition) is 0. The lowest BCUT2D eigenvalue weighted by Crippen LogP contribution is -1.93. The highest BCUT2D eigenvalue weighted by Gasteiger charge is 2.02. The number of allylic oxidation sites excluding steroid dienone is 1. The fourth-order valence-electron chi connectivity index (χ4n) is 2.18. The Morgan fingerprint density at radius 2 is 1.57 bits per heavy atom. The first-order valence-electron chi connectivity index (χ1n) is 6.69. The van der Waals surface area contributed by atoms with Gasteiger partial charge in [0.05, 0.1) is 0 Å². The Morgan fingerprint density at radius 3 is 2.33 bits per heavy atom. The first-order chi connectivity index (χ1) is 10.2. The van der Waals surface area contributed by atoms with Gasteiger partial charge in [-0.1, -0.05) is 54.6 Å². The maximum absolute atomic E-state index is 12.8. The molecule has 0 unspecified atom stereocenters. The van der Waals surface area contributed by atoms with Gasteiger partial charge in [-0.05, 0) is 40.6 Å². The van der Waals surface area contributed by atoms with Crippen molar-refractivity contribution in [1.82, 2.24) is 0 Å². The number of halogens is 1. The number of rotatable bonds is 3. The summed E-state index contributed by atoms with van der Waals surface area (Å²) in [6.07, 6.45) is 3.20. The van der Waals surface area contributed by atoms with E-state index in [0.29, 0.717) is 5.56 Å². The summed E-state index contributed by atoms with van der Waals surface area (Å²) in [5.74, 6) is -0.349. The minimum atomic E-state index is -0.284. The van der Waals surface area contributed by atoms with Gasteiger partial charge in [-0.25, -0.2) is 4.39 Å². The number of benzene rings is 3. The van der Waals surface area contributed by atoms with Gasteiger partial charge in [0.25, 0.3) is 0 Å². The van der Waals surface area contributed by atoms with Gasteiger partial charge in [-0.3, -0.25) is 4.79 Å². The van der Waals surface area contributed by atoms with Crippen LogP contribution < -0.4 is 0 Å². The van der Waals surface area contributed by atoms with Crippen LogP contribution in [0.3, 0.4) is 0 Å². The van der Waals surface area contributed by atoms with Crippen LogP contribution in [0.1, 0.15) is 15.9 Å². The van der Waals surface area contributed by atoms with E-state index in [9.17, 15) is 9.18 Å². The zero-order chi connectivity index (χ0) is 14.7. The highest BCUT2D eigenvalue weighted by molar-refractivity contribution is 6.08. The molecule has 0 amide bonds. The van der Waals surface area contributed by atoms with E-state index in [4.69, 9.17) is 0 Å². The number of fused-ring (bicyclic) bond motifs is 1. The molecule has 0 bridgehead atoms. The predicted octanol–water partition coefficient (Wildman–Crippen LogP) is 4.88. The second kappa shape index (κ2) is 5.71. The van der Waals surface area contributed by atoms with E-state index in [1.54, 1.807) is 18.2 Å². The van der Waals surface area contributed by atoms with Crippen LogP contribution >= 0.6 is 0 Å². The maximum Gasteiger partial charge on any atom is 0.185 e. The van der Waals surface area contributed by atoms with E-state index in [1.807, 2.05) is 42.5 Å². The molecule has 0 saturated carbocycles. The Kier molecular flexibility index (Phi) is 3.61. The van der Waals surface area contributed by atoms with Crippen LogP contribution in [-0.4, -0.2) is 5.78 Å². The highest BCUT2D eigenvalue weighted by atomic mass is 19.1. The number of ketones is 1. The van der Waals surface area contributed by atoms with E-state index < -0.39 is 0 Å². The Morgan fingerprint density at radius 1 is 0.857 bits per heavy atom. The quantitative estimate of drug-likeness (QED) is 0.492. The van der Waals surface area contributed by atoms with Gasteiger partial charge in [-0.2, -0.15) is 0 Å². The first kappa shape index (κ1) is 13.3. The van der Waals surface area contributed by atoms with Crippen molar-refractivity contribution in [2.75, 3.05) is 0 Å². The van der Waals surface area contributed by atoms with Crippen molar-refractivity contribution >= 4 is 22.6 Å². The molecule has 0 N–H and O–H groups in total. The molecule has 0 radical (unpaired) electrons. The van der Waals surface area contributed by atoms with E-state index in [-0.39, 0.29) is 11.6 Å². The molecule has 0 heterocycles. The standard InChI is InChI=1S/C19H13FO/c20-18-10-5-14(6-11-18)7-12-19(21)17-9-8-15-3-1-2-4-16(15)13-17/h1-13H/b12-7-. The Balaban J connectivity index is 1.84. The molecule has 3 rings (SSSR count). The summed E-state index contributed by atoms with van der Waals surface area (Å²) in [6.45, 7) is 0. The zero-order valence-corrected chi connectivity index (χ0v) is 11.3.